The van der Waals surface area contributed by atoms with Crippen LogP contribution in [0.3, 0.4) is 0 Å². The topological polar surface area (TPSA) is 53.7 Å². The number of hydrogen-bond acceptors (Lipinski definition) is 3. The molecule has 0 saturated heterocycles. The Morgan fingerprint density at radius 1 is 1.29 bits per heavy atom. The highest BCUT2D eigenvalue weighted by atomic mass is 32.1. The molecule has 1 aromatic heterocycles. The zero-order chi connectivity index (χ0) is 14.8. The smallest absolute Gasteiger partial charge is 0.178 e. The van der Waals surface area contributed by atoms with Crippen LogP contribution in [0.2, 0.25) is 0 Å². The first-order valence-corrected chi connectivity index (χ1v) is 6.88. The van der Waals surface area contributed by atoms with Crippen molar-refractivity contribution in [2.24, 2.45) is 0 Å². The van der Waals surface area contributed by atoms with Gasteiger partial charge in [0.05, 0.1) is 30.8 Å². The van der Waals surface area contributed by atoms with Gasteiger partial charge in [0.1, 0.15) is 11.3 Å². The van der Waals surface area contributed by atoms with Crippen molar-refractivity contribution in [1.82, 2.24) is 9.55 Å². The lowest BCUT2D eigenvalue weighted by atomic mass is 10.1. The lowest BCUT2D eigenvalue weighted by molar-refractivity contribution is 0.419. The van der Waals surface area contributed by atoms with Gasteiger partial charge < -0.3 is 14.3 Å². The zero-order valence-corrected chi connectivity index (χ0v) is 12.3. The first kappa shape index (κ1) is 13.4. The zero-order valence-electron chi connectivity index (χ0n) is 11.5. The molecule has 1 N–H and O–H groups in total. The van der Waals surface area contributed by atoms with Crippen LogP contribution >= 0.6 is 12.2 Å². The van der Waals surface area contributed by atoms with E-state index in [1.54, 1.807) is 13.2 Å². The second-order valence-electron chi connectivity index (χ2n) is 4.68. The van der Waals surface area contributed by atoms with E-state index in [9.17, 15) is 0 Å². The highest BCUT2D eigenvalue weighted by molar-refractivity contribution is 7.71. The van der Waals surface area contributed by atoms with Crippen LogP contribution in [0.25, 0.3) is 11.0 Å². The highest BCUT2D eigenvalue weighted by Gasteiger charge is 2.09. The maximum atomic E-state index is 8.98. The van der Waals surface area contributed by atoms with E-state index in [0.29, 0.717) is 16.9 Å². The number of H-pyrrole nitrogens is 1. The molecule has 4 nitrogen and oxygen atoms in total. The van der Waals surface area contributed by atoms with Crippen LogP contribution in [-0.4, -0.2) is 16.7 Å². The minimum Gasteiger partial charge on any atom is -0.494 e. The lowest BCUT2D eigenvalue weighted by Gasteiger charge is -2.06. The molecule has 0 saturated carbocycles. The van der Waals surface area contributed by atoms with E-state index >= 15 is 0 Å². The molecule has 0 unspecified atom stereocenters. The summed E-state index contributed by atoms with van der Waals surface area (Å²) in [5, 5.41) is 8.98. The van der Waals surface area contributed by atoms with Crippen LogP contribution in [-0.2, 0) is 6.54 Å². The van der Waals surface area contributed by atoms with Crippen molar-refractivity contribution in [2.45, 2.75) is 6.54 Å². The number of hydrogen-bond donors (Lipinski definition) is 1. The standard InChI is InChI=1S/C16H13N3OS/c1-20-14-7-3-6-13-15(14)18-16(21)19(13)10-12-5-2-4-11(8-12)9-17/h2-8H,10H2,1H3,(H,18,21). The number of para-hydroxylation sites is 1. The molecule has 0 amide bonds. The van der Waals surface area contributed by atoms with Gasteiger partial charge in [0.25, 0.3) is 0 Å². The summed E-state index contributed by atoms with van der Waals surface area (Å²) in [4.78, 5) is 3.18. The number of benzene rings is 2. The normalized spacial score (nSPS) is 10.5. The molecule has 0 bridgehead atoms. The number of aromatic nitrogens is 2. The molecular formula is C16H13N3OS. The van der Waals surface area contributed by atoms with Gasteiger partial charge in [-0.1, -0.05) is 18.2 Å². The predicted molar refractivity (Wildman–Crippen MR) is 83.9 cm³/mol. The third-order valence-electron chi connectivity index (χ3n) is 3.39. The summed E-state index contributed by atoms with van der Waals surface area (Å²) in [5.41, 5.74) is 3.56. The Bertz CT molecular complexity index is 902. The monoisotopic (exact) mass is 295 g/mol. The number of imidazole rings is 1. The number of nitrogens with one attached hydrogen (secondary N) is 1. The van der Waals surface area contributed by atoms with Crippen molar-refractivity contribution < 1.29 is 4.74 Å². The summed E-state index contributed by atoms with van der Waals surface area (Å²) in [7, 11) is 1.64. The van der Waals surface area contributed by atoms with Crippen LogP contribution in [0.15, 0.2) is 42.5 Å². The Morgan fingerprint density at radius 2 is 2.10 bits per heavy atom. The summed E-state index contributed by atoms with van der Waals surface area (Å²) in [5.74, 6) is 0.767. The fraction of sp³-hybridized carbons (Fsp3) is 0.125. The molecule has 3 aromatic rings. The minimum atomic E-state index is 0.613. The van der Waals surface area contributed by atoms with Crippen molar-refractivity contribution in [3.8, 4) is 11.8 Å². The van der Waals surface area contributed by atoms with Crippen LogP contribution in [0.1, 0.15) is 11.1 Å². The van der Waals surface area contributed by atoms with Gasteiger partial charge in [-0.25, -0.2) is 0 Å². The molecule has 21 heavy (non-hydrogen) atoms. The van der Waals surface area contributed by atoms with Crippen molar-refractivity contribution in [3.05, 3.63) is 58.4 Å². The Morgan fingerprint density at radius 3 is 2.86 bits per heavy atom. The fourth-order valence-corrected chi connectivity index (χ4v) is 2.67. The Labute approximate surface area is 127 Å². The number of ether oxygens (including phenoxy) is 1. The summed E-state index contributed by atoms with van der Waals surface area (Å²) < 4.78 is 7.99. The van der Waals surface area contributed by atoms with E-state index in [1.165, 1.54) is 0 Å². The second kappa shape index (κ2) is 5.43. The maximum absolute atomic E-state index is 8.98. The van der Waals surface area contributed by atoms with Gasteiger partial charge in [-0.15, -0.1) is 0 Å². The molecular weight excluding hydrogens is 282 g/mol. The van der Waals surface area contributed by atoms with E-state index in [4.69, 9.17) is 22.2 Å². The van der Waals surface area contributed by atoms with E-state index in [1.807, 2.05) is 41.0 Å². The van der Waals surface area contributed by atoms with Gasteiger partial charge in [-0.2, -0.15) is 5.26 Å². The largest absolute Gasteiger partial charge is 0.494 e. The van der Waals surface area contributed by atoms with Crippen LogP contribution in [0, 0.1) is 16.1 Å². The molecule has 2 aromatic carbocycles. The van der Waals surface area contributed by atoms with Crippen molar-refractivity contribution in [1.29, 1.82) is 5.26 Å². The van der Waals surface area contributed by atoms with E-state index in [2.05, 4.69) is 11.1 Å². The quantitative estimate of drug-likeness (QED) is 0.751. The average molecular weight is 295 g/mol. The maximum Gasteiger partial charge on any atom is 0.178 e. The molecule has 0 aliphatic rings. The van der Waals surface area contributed by atoms with Gasteiger partial charge >= 0.3 is 0 Å². The van der Waals surface area contributed by atoms with Crippen molar-refractivity contribution >= 4 is 23.3 Å². The molecule has 104 valence electrons. The lowest BCUT2D eigenvalue weighted by Crippen LogP contribution is -2.00. The molecule has 0 radical (unpaired) electrons. The number of fused-ring (bicyclic) bond motifs is 1. The Balaban J connectivity index is 2.11. The molecule has 0 aliphatic carbocycles. The predicted octanol–water partition coefficient (Wildman–Crippen LogP) is 3.63. The molecule has 5 heteroatoms. The minimum absolute atomic E-state index is 0.613. The number of nitrogens with zero attached hydrogens (tertiary/aromatic N) is 2. The molecule has 0 spiro atoms. The first-order valence-electron chi connectivity index (χ1n) is 6.47. The number of rotatable bonds is 3. The number of methoxy groups -OCH3 is 1. The van der Waals surface area contributed by atoms with Crippen molar-refractivity contribution in [3.63, 3.8) is 0 Å². The van der Waals surface area contributed by atoms with Gasteiger partial charge in [0, 0.05) is 0 Å². The average Bonchev–Trinajstić information content (AvgIpc) is 2.83. The van der Waals surface area contributed by atoms with Crippen molar-refractivity contribution in [2.75, 3.05) is 7.11 Å². The van der Waals surface area contributed by atoms with E-state index in [0.717, 1.165) is 22.3 Å². The summed E-state index contributed by atoms with van der Waals surface area (Å²) in [6.45, 7) is 0.613. The summed E-state index contributed by atoms with van der Waals surface area (Å²) >= 11 is 5.41. The fourth-order valence-electron chi connectivity index (χ4n) is 2.40. The third-order valence-corrected chi connectivity index (χ3v) is 3.71. The number of aromatic amines is 1. The van der Waals surface area contributed by atoms with Gasteiger partial charge in [0.15, 0.2) is 4.77 Å². The molecule has 0 fully saturated rings. The Hall–Kier alpha value is -2.58. The van der Waals surface area contributed by atoms with Crippen LogP contribution in [0.5, 0.6) is 5.75 Å². The van der Waals surface area contributed by atoms with Gasteiger partial charge in [0.2, 0.25) is 0 Å². The Kier molecular flexibility index (Phi) is 3.46. The molecule has 0 aliphatic heterocycles. The highest BCUT2D eigenvalue weighted by Crippen LogP contribution is 2.25. The van der Waals surface area contributed by atoms with Crippen LogP contribution in [0.4, 0.5) is 0 Å². The SMILES string of the molecule is COc1cccc2c1[nH]c(=S)n2Cc1cccc(C#N)c1. The summed E-state index contributed by atoms with van der Waals surface area (Å²) in [6, 6.07) is 15.5. The van der Waals surface area contributed by atoms with E-state index < -0.39 is 0 Å². The first-order chi connectivity index (χ1) is 10.2. The van der Waals surface area contributed by atoms with Crippen LogP contribution < -0.4 is 4.74 Å². The molecule has 1 heterocycles. The number of nitriles is 1. The molecule has 3 rings (SSSR count). The second-order valence-corrected chi connectivity index (χ2v) is 5.07. The third kappa shape index (κ3) is 2.41. The van der Waals surface area contributed by atoms with Gasteiger partial charge in [-0.3, -0.25) is 0 Å². The summed E-state index contributed by atoms with van der Waals surface area (Å²) in [6.07, 6.45) is 0. The van der Waals surface area contributed by atoms with E-state index in [-0.39, 0.29) is 0 Å². The molecule has 0 atom stereocenters. The van der Waals surface area contributed by atoms with Gasteiger partial charge in [-0.05, 0) is 42.0 Å².